The van der Waals surface area contributed by atoms with Crippen LogP contribution in [-0.4, -0.2) is 21.2 Å². The van der Waals surface area contributed by atoms with Crippen molar-refractivity contribution in [3.8, 4) is 28.5 Å². The lowest BCUT2D eigenvalue weighted by molar-refractivity contribution is -0.139. The van der Waals surface area contributed by atoms with E-state index >= 15 is 0 Å². The molecular weight excluding hydrogens is 338 g/mol. The second-order valence-corrected chi connectivity index (χ2v) is 6.57. The lowest BCUT2D eigenvalue weighted by atomic mass is 10.00. The molecule has 0 aliphatic rings. The zero-order valence-corrected chi connectivity index (χ0v) is 15.8. The largest absolute Gasteiger partial charge is 0.426 e. The van der Waals surface area contributed by atoms with Gasteiger partial charge in [0.05, 0.1) is 5.92 Å². The van der Waals surface area contributed by atoms with Crippen LogP contribution in [0.4, 0.5) is 0 Å². The highest BCUT2D eigenvalue weighted by Crippen LogP contribution is 2.23. The van der Waals surface area contributed by atoms with Crippen molar-refractivity contribution >= 4 is 5.97 Å². The van der Waals surface area contributed by atoms with Crippen molar-refractivity contribution < 1.29 is 9.53 Å². The number of hydrogen-bond acceptors (Lipinski definition) is 4. The molecule has 1 unspecified atom stereocenters. The molecule has 0 saturated carbocycles. The van der Waals surface area contributed by atoms with Gasteiger partial charge in [-0.15, -0.1) is 0 Å². The minimum atomic E-state index is -0.148. The Balaban J connectivity index is 1.67. The summed E-state index contributed by atoms with van der Waals surface area (Å²) in [6.45, 7) is 4.16. The van der Waals surface area contributed by atoms with Gasteiger partial charge >= 0.3 is 5.97 Å². The SMILES string of the molecule is CCCCC(CC)C(=O)Oc1ccc(-c2nc(-c3ccccc3)n[nH]2)cc1. The number of ether oxygens (including phenoxy) is 1. The van der Waals surface area contributed by atoms with Crippen LogP contribution < -0.4 is 4.74 Å². The van der Waals surface area contributed by atoms with Crippen molar-refractivity contribution in [1.29, 1.82) is 0 Å². The molecule has 27 heavy (non-hydrogen) atoms. The average molecular weight is 363 g/mol. The molecule has 140 valence electrons. The molecule has 5 nitrogen and oxygen atoms in total. The van der Waals surface area contributed by atoms with Gasteiger partial charge in [0.25, 0.3) is 0 Å². The van der Waals surface area contributed by atoms with Crippen LogP contribution in [0, 0.1) is 5.92 Å². The Bertz CT molecular complexity index is 857. The van der Waals surface area contributed by atoms with Crippen molar-refractivity contribution in [3.05, 3.63) is 54.6 Å². The first-order chi connectivity index (χ1) is 13.2. The highest BCUT2D eigenvalue weighted by molar-refractivity contribution is 5.75. The van der Waals surface area contributed by atoms with Gasteiger partial charge in [0.2, 0.25) is 0 Å². The van der Waals surface area contributed by atoms with Crippen LogP contribution >= 0.6 is 0 Å². The van der Waals surface area contributed by atoms with E-state index in [2.05, 4.69) is 22.1 Å². The van der Waals surface area contributed by atoms with E-state index in [9.17, 15) is 4.79 Å². The molecule has 3 aromatic rings. The van der Waals surface area contributed by atoms with E-state index in [1.54, 1.807) is 12.1 Å². The van der Waals surface area contributed by atoms with Crippen LogP contribution in [0.3, 0.4) is 0 Å². The topological polar surface area (TPSA) is 67.9 Å². The molecule has 5 heteroatoms. The smallest absolute Gasteiger partial charge is 0.314 e. The van der Waals surface area contributed by atoms with Gasteiger partial charge in [-0.25, -0.2) is 4.98 Å². The molecule has 1 N–H and O–H groups in total. The zero-order chi connectivity index (χ0) is 19.1. The van der Waals surface area contributed by atoms with Crippen LogP contribution in [0.1, 0.15) is 39.5 Å². The maximum atomic E-state index is 12.3. The van der Waals surface area contributed by atoms with E-state index in [4.69, 9.17) is 4.74 Å². The predicted molar refractivity (Wildman–Crippen MR) is 106 cm³/mol. The summed E-state index contributed by atoms with van der Waals surface area (Å²) in [5.74, 6) is 1.71. The second kappa shape index (κ2) is 9.12. The summed E-state index contributed by atoms with van der Waals surface area (Å²) < 4.78 is 5.54. The number of aromatic amines is 1. The number of rotatable bonds is 8. The molecule has 0 radical (unpaired) electrons. The Kier molecular flexibility index (Phi) is 6.36. The first-order valence-electron chi connectivity index (χ1n) is 9.51. The van der Waals surface area contributed by atoms with E-state index in [-0.39, 0.29) is 11.9 Å². The number of hydrogen-bond donors (Lipinski definition) is 1. The second-order valence-electron chi connectivity index (χ2n) is 6.57. The standard InChI is InChI=1S/C22H25N3O2/c1-3-5-9-16(4-2)22(26)27-19-14-12-18(13-15-19)21-23-20(24-25-21)17-10-7-6-8-11-17/h6-8,10-16H,3-5,9H2,1-2H3,(H,23,24,25). The number of carbonyl (C=O) groups excluding carboxylic acids is 1. The Hall–Kier alpha value is -2.95. The van der Waals surface area contributed by atoms with Crippen LogP contribution in [0.15, 0.2) is 54.6 Å². The Labute approximate surface area is 159 Å². The molecule has 0 fully saturated rings. The highest BCUT2D eigenvalue weighted by atomic mass is 16.5. The third-order valence-corrected chi connectivity index (χ3v) is 4.60. The number of nitrogens with one attached hydrogen (secondary N) is 1. The third kappa shape index (κ3) is 4.82. The Morgan fingerprint density at radius 3 is 2.44 bits per heavy atom. The number of nitrogens with zero attached hydrogens (tertiary/aromatic N) is 2. The molecule has 0 aliphatic carbocycles. The number of unbranched alkanes of at least 4 members (excludes halogenated alkanes) is 1. The van der Waals surface area contributed by atoms with Crippen LogP contribution in [0.2, 0.25) is 0 Å². The summed E-state index contributed by atoms with van der Waals surface area (Å²) >= 11 is 0. The summed E-state index contributed by atoms with van der Waals surface area (Å²) in [5, 5.41) is 7.24. The molecule has 2 aromatic carbocycles. The van der Waals surface area contributed by atoms with Crippen LogP contribution in [0.25, 0.3) is 22.8 Å². The number of aromatic nitrogens is 3. The van der Waals surface area contributed by atoms with Crippen LogP contribution in [-0.2, 0) is 4.79 Å². The fourth-order valence-corrected chi connectivity index (χ4v) is 2.93. The molecule has 0 bridgehead atoms. The Morgan fingerprint density at radius 1 is 1.04 bits per heavy atom. The van der Waals surface area contributed by atoms with E-state index in [0.717, 1.165) is 36.8 Å². The summed E-state index contributed by atoms with van der Waals surface area (Å²) in [5.41, 5.74) is 1.85. The fourth-order valence-electron chi connectivity index (χ4n) is 2.93. The van der Waals surface area contributed by atoms with Gasteiger partial charge < -0.3 is 4.74 Å². The van der Waals surface area contributed by atoms with E-state index < -0.39 is 0 Å². The molecule has 0 amide bonds. The van der Waals surface area contributed by atoms with Gasteiger partial charge in [0.1, 0.15) is 5.75 Å². The van der Waals surface area contributed by atoms with Crippen molar-refractivity contribution in [1.82, 2.24) is 15.2 Å². The minimum absolute atomic E-state index is 0.0349. The van der Waals surface area contributed by atoms with E-state index in [1.807, 2.05) is 49.4 Å². The van der Waals surface area contributed by atoms with Crippen molar-refractivity contribution in [3.63, 3.8) is 0 Å². The molecule has 0 aliphatic heterocycles. The molecule has 0 saturated heterocycles. The van der Waals surface area contributed by atoms with Crippen molar-refractivity contribution in [2.75, 3.05) is 0 Å². The molecule has 1 atom stereocenters. The predicted octanol–water partition coefficient (Wildman–Crippen LogP) is 5.26. The summed E-state index contributed by atoms with van der Waals surface area (Å²) in [6, 6.07) is 17.2. The number of esters is 1. The van der Waals surface area contributed by atoms with Gasteiger partial charge in [0, 0.05) is 11.1 Å². The van der Waals surface area contributed by atoms with Gasteiger partial charge in [-0.1, -0.05) is 57.0 Å². The lowest BCUT2D eigenvalue weighted by Gasteiger charge is -2.13. The van der Waals surface area contributed by atoms with Gasteiger partial charge in [0.15, 0.2) is 11.6 Å². The molecule has 0 spiro atoms. The summed E-state index contributed by atoms with van der Waals surface area (Å²) in [6.07, 6.45) is 3.81. The maximum Gasteiger partial charge on any atom is 0.314 e. The highest BCUT2D eigenvalue weighted by Gasteiger charge is 2.18. The zero-order valence-electron chi connectivity index (χ0n) is 15.8. The molecule has 1 aromatic heterocycles. The number of H-pyrrole nitrogens is 1. The first kappa shape index (κ1) is 18.8. The maximum absolute atomic E-state index is 12.3. The van der Waals surface area contributed by atoms with Gasteiger partial charge in [-0.05, 0) is 37.1 Å². The fraction of sp³-hybridized carbons (Fsp3) is 0.318. The number of carbonyl (C=O) groups is 1. The molecule has 3 rings (SSSR count). The minimum Gasteiger partial charge on any atom is -0.426 e. The Morgan fingerprint density at radius 2 is 1.78 bits per heavy atom. The van der Waals surface area contributed by atoms with E-state index in [1.165, 1.54) is 0 Å². The first-order valence-corrected chi connectivity index (χ1v) is 9.51. The van der Waals surface area contributed by atoms with E-state index in [0.29, 0.717) is 17.4 Å². The van der Waals surface area contributed by atoms with Crippen molar-refractivity contribution in [2.45, 2.75) is 39.5 Å². The lowest BCUT2D eigenvalue weighted by Crippen LogP contribution is -2.19. The molecule has 1 heterocycles. The van der Waals surface area contributed by atoms with Crippen molar-refractivity contribution in [2.24, 2.45) is 5.92 Å². The van der Waals surface area contributed by atoms with Crippen LogP contribution in [0.5, 0.6) is 5.75 Å². The molecular formula is C22H25N3O2. The van der Waals surface area contributed by atoms with Gasteiger partial charge in [-0.2, -0.15) is 5.10 Å². The third-order valence-electron chi connectivity index (χ3n) is 4.60. The normalized spacial score (nSPS) is 11.9. The average Bonchev–Trinajstić information content (AvgIpc) is 3.20. The quantitative estimate of drug-likeness (QED) is 0.438. The number of benzene rings is 2. The monoisotopic (exact) mass is 363 g/mol. The summed E-state index contributed by atoms with van der Waals surface area (Å²) in [7, 11) is 0. The van der Waals surface area contributed by atoms with Gasteiger partial charge in [-0.3, -0.25) is 9.89 Å². The summed E-state index contributed by atoms with van der Waals surface area (Å²) in [4.78, 5) is 16.9.